The van der Waals surface area contributed by atoms with Crippen molar-refractivity contribution in [2.24, 2.45) is 0 Å². The molecule has 1 atom stereocenters. The number of para-hydroxylation sites is 1. The van der Waals surface area contributed by atoms with Crippen molar-refractivity contribution in [2.75, 3.05) is 18.9 Å². The van der Waals surface area contributed by atoms with Gasteiger partial charge in [-0.15, -0.1) is 0 Å². The van der Waals surface area contributed by atoms with Crippen molar-refractivity contribution >= 4 is 11.6 Å². The van der Waals surface area contributed by atoms with E-state index < -0.39 is 0 Å². The fraction of sp³-hybridized carbons (Fsp3) is 0.278. The van der Waals surface area contributed by atoms with E-state index in [2.05, 4.69) is 41.8 Å². The van der Waals surface area contributed by atoms with Gasteiger partial charge in [-0.1, -0.05) is 55.5 Å². The molecule has 2 N–H and O–H groups in total. The number of hydrogen-bond acceptors (Lipinski definition) is 2. The second-order valence-electron chi connectivity index (χ2n) is 5.20. The summed E-state index contributed by atoms with van der Waals surface area (Å²) in [6.45, 7) is 3.04. The molecule has 0 fully saturated rings. The average molecular weight is 282 g/mol. The van der Waals surface area contributed by atoms with Gasteiger partial charge in [0, 0.05) is 19.3 Å². The molecule has 2 aromatic rings. The predicted molar refractivity (Wildman–Crippen MR) is 87.6 cm³/mol. The van der Waals surface area contributed by atoms with Gasteiger partial charge in [0.05, 0.1) is 6.42 Å². The first-order valence-electron chi connectivity index (χ1n) is 7.28. The Bertz CT molecular complexity index is 581. The lowest BCUT2D eigenvalue weighted by Gasteiger charge is -2.16. The summed E-state index contributed by atoms with van der Waals surface area (Å²) in [6.07, 6.45) is 0.402. The molecule has 0 saturated carbocycles. The SMILES string of the molecule is CNC(=O)Cc1ccccc1NCC(C)c1ccccc1. The molecule has 1 amide bonds. The Balaban J connectivity index is 2.01. The number of carbonyl (C=O) groups is 1. The Kier molecular flexibility index (Phi) is 5.38. The third kappa shape index (κ3) is 4.35. The molecule has 0 aliphatic carbocycles. The van der Waals surface area contributed by atoms with Crippen LogP contribution in [0.5, 0.6) is 0 Å². The van der Waals surface area contributed by atoms with Gasteiger partial charge >= 0.3 is 0 Å². The summed E-state index contributed by atoms with van der Waals surface area (Å²) in [6, 6.07) is 18.4. The molecule has 0 bridgehead atoms. The monoisotopic (exact) mass is 282 g/mol. The van der Waals surface area contributed by atoms with Gasteiger partial charge in [-0.2, -0.15) is 0 Å². The minimum absolute atomic E-state index is 0.0281. The van der Waals surface area contributed by atoms with Crippen molar-refractivity contribution in [1.82, 2.24) is 5.32 Å². The van der Waals surface area contributed by atoms with Gasteiger partial charge in [0.25, 0.3) is 0 Å². The van der Waals surface area contributed by atoms with Gasteiger partial charge in [-0.25, -0.2) is 0 Å². The zero-order chi connectivity index (χ0) is 15.1. The van der Waals surface area contributed by atoms with Crippen molar-refractivity contribution in [3.8, 4) is 0 Å². The zero-order valence-electron chi connectivity index (χ0n) is 12.6. The highest BCUT2D eigenvalue weighted by Crippen LogP contribution is 2.19. The van der Waals surface area contributed by atoms with Crippen LogP contribution in [0.1, 0.15) is 24.0 Å². The summed E-state index contributed by atoms with van der Waals surface area (Å²) < 4.78 is 0. The highest BCUT2D eigenvalue weighted by molar-refractivity contribution is 5.80. The van der Waals surface area contributed by atoms with Crippen LogP contribution in [0.15, 0.2) is 54.6 Å². The van der Waals surface area contributed by atoms with Gasteiger partial charge in [0.2, 0.25) is 5.91 Å². The first-order valence-corrected chi connectivity index (χ1v) is 7.28. The van der Waals surface area contributed by atoms with Crippen LogP contribution in [-0.2, 0) is 11.2 Å². The minimum Gasteiger partial charge on any atom is -0.384 e. The van der Waals surface area contributed by atoms with Crippen LogP contribution >= 0.6 is 0 Å². The van der Waals surface area contributed by atoms with E-state index in [1.165, 1.54) is 5.56 Å². The molecule has 0 saturated heterocycles. The van der Waals surface area contributed by atoms with E-state index in [4.69, 9.17) is 0 Å². The van der Waals surface area contributed by atoms with Gasteiger partial charge in [0.1, 0.15) is 0 Å². The van der Waals surface area contributed by atoms with Crippen LogP contribution < -0.4 is 10.6 Å². The molecule has 0 heterocycles. The highest BCUT2D eigenvalue weighted by Gasteiger charge is 2.08. The normalized spacial score (nSPS) is 11.7. The van der Waals surface area contributed by atoms with Crippen molar-refractivity contribution in [3.63, 3.8) is 0 Å². The van der Waals surface area contributed by atoms with E-state index in [-0.39, 0.29) is 5.91 Å². The summed E-state index contributed by atoms with van der Waals surface area (Å²) in [7, 11) is 1.66. The quantitative estimate of drug-likeness (QED) is 0.854. The van der Waals surface area contributed by atoms with E-state index in [1.54, 1.807) is 7.05 Å². The van der Waals surface area contributed by atoms with E-state index in [1.807, 2.05) is 30.3 Å². The van der Waals surface area contributed by atoms with E-state index in [0.29, 0.717) is 12.3 Å². The van der Waals surface area contributed by atoms with Gasteiger partial charge in [0.15, 0.2) is 0 Å². The lowest BCUT2D eigenvalue weighted by Crippen LogP contribution is -2.21. The molecule has 0 aromatic heterocycles. The van der Waals surface area contributed by atoms with Crippen LogP contribution in [0.25, 0.3) is 0 Å². The van der Waals surface area contributed by atoms with Crippen LogP contribution in [0.3, 0.4) is 0 Å². The number of likely N-dealkylation sites (N-methyl/N-ethyl adjacent to an activating group) is 1. The Morgan fingerprint density at radius 1 is 1.05 bits per heavy atom. The molecule has 3 heteroatoms. The maximum atomic E-state index is 11.6. The molecular weight excluding hydrogens is 260 g/mol. The maximum absolute atomic E-state index is 11.6. The van der Waals surface area contributed by atoms with Crippen molar-refractivity contribution in [3.05, 3.63) is 65.7 Å². The molecule has 21 heavy (non-hydrogen) atoms. The minimum atomic E-state index is 0.0281. The zero-order valence-corrected chi connectivity index (χ0v) is 12.6. The maximum Gasteiger partial charge on any atom is 0.224 e. The smallest absolute Gasteiger partial charge is 0.224 e. The molecule has 0 radical (unpaired) electrons. The van der Waals surface area contributed by atoms with Crippen LogP contribution in [-0.4, -0.2) is 19.5 Å². The topological polar surface area (TPSA) is 41.1 Å². The van der Waals surface area contributed by atoms with E-state index in [0.717, 1.165) is 17.8 Å². The molecule has 0 spiro atoms. The Hall–Kier alpha value is -2.29. The molecule has 1 unspecified atom stereocenters. The molecule has 2 rings (SSSR count). The van der Waals surface area contributed by atoms with Crippen molar-refractivity contribution < 1.29 is 4.79 Å². The third-order valence-corrected chi connectivity index (χ3v) is 3.61. The molecule has 2 aromatic carbocycles. The summed E-state index contributed by atoms with van der Waals surface area (Å²) in [5.74, 6) is 0.444. The number of rotatable bonds is 6. The van der Waals surface area contributed by atoms with Crippen LogP contribution in [0.2, 0.25) is 0 Å². The number of anilines is 1. The first kappa shape index (κ1) is 15.1. The average Bonchev–Trinajstić information content (AvgIpc) is 2.54. The second kappa shape index (κ2) is 7.48. The number of hydrogen-bond donors (Lipinski definition) is 2. The first-order chi connectivity index (χ1) is 10.2. The Morgan fingerprint density at radius 3 is 2.43 bits per heavy atom. The standard InChI is InChI=1S/C18H22N2O/c1-14(15-8-4-3-5-9-15)13-20-17-11-7-6-10-16(17)12-18(21)19-2/h3-11,14,20H,12-13H2,1-2H3,(H,19,21). The largest absolute Gasteiger partial charge is 0.384 e. The van der Waals surface area contributed by atoms with Crippen LogP contribution in [0, 0.1) is 0 Å². The van der Waals surface area contributed by atoms with E-state index >= 15 is 0 Å². The highest BCUT2D eigenvalue weighted by atomic mass is 16.1. The Morgan fingerprint density at radius 2 is 1.71 bits per heavy atom. The van der Waals surface area contributed by atoms with Gasteiger partial charge in [-0.3, -0.25) is 4.79 Å². The summed E-state index contributed by atoms with van der Waals surface area (Å²) in [5, 5.41) is 6.13. The lowest BCUT2D eigenvalue weighted by atomic mass is 10.0. The predicted octanol–water partition coefficient (Wildman–Crippen LogP) is 3.19. The Labute approximate surface area is 126 Å². The molecular formula is C18H22N2O. The summed E-state index contributed by atoms with van der Waals surface area (Å²) in [4.78, 5) is 11.6. The molecule has 110 valence electrons. The number of nitrogens with one attached hydrogen (secondary N) is 2. The van der Waals surface area contributed by atoms with E-state index in [9.17, 15) is 4.79 Å². The summed E-state index contributed by atoms with van der Waals surface area (Å²) >= 11 is 0. The fourth-order valence-electron chi connectivity index (χ4n) is 2.27. The third-order valence-electron chi connectivity index (χ3n) is 3.61. The number of amides is 1. The molecule has 0 aliphatic heterocycles. The van der Waals surface area contributed by atoms with Gasteiger partial charge in [-0.05, 0) is 23.1 Å². The lowest BCUT2D eigenvalue weighted by molar-refractivity contribution is -0.119. The fourth-order valence-corrected chi connectivity index (χ4v) is 2.27. The molecule has 0 aliphatic rings. The van der Waals surface area contributed by atoms with Gasteiger partial charge < -0.3 is 10.6 Å². The number of carbonyl (C=O) groups excluding carboxylic acids is 1. The molecule has 3 nitrogen and oxygen atoms in total. The second-order valence-corrected chi connectivity index (χ2v) is 5.20. The summed E-state index contributed by atoms with van der Waals surface area (Å²) in [5.41, 5.74) is 3.37. The van der Waals surface area contributed by atoms with Crippen LogP contribution in [0.4, 0.5) is 5.69 Å². The van der Waals surface area contributed by atoms with Crippen molar-refractivity contribution in [1.29, 1.82) is 0 Å². The number of benzene rings is 2. The van der Waals surface area contributed by atoms with Crippen molar-refractivity contribution in [2.45, 2.75) is 19.3 Å².